The summed E-state index contributed by atoms with van der Waals surface area (Å²) in [5.74, 6) is 0. The van der Waals surface area contributed by atoms with Crippen LogP contribution in [0.4, 0.5) is 5.69 Å². The zero-order valence-electron chi connectivity index (χ0n) is 9.14. The fourth-order valence-corrected chi connectivity index (χ4v) is 1.51. The SMILES string of the molecule is Cc1ncc(Br)c(/C=N/N(C)C)c1[N+](=O)[O-]. The zero-order valence-corrected chi connectivity index (χ0v) is 10.7. The molecule has 0 aliphatic carbocycles. The van der Waals surface area contributed by atoms with Crippen molar-refractivity contribution in [1.82, 2.24) is 9.99 Å². The molecule has 1 heterocycles. The Morgan fingerprint density at radius 1 is 1.62 bits per heavy atom. The molecule has 0 saturated carbocycles. The number of halogens is 1. The minimum Gasteiger partial charge on any atom is -0.303 e. The first-order valence-electron chi connectivity index (χ1n) is 4.44. The van der Waals surface area contributed by atoms with Crippen LogP contribution in [-0.4, -0.2) is 35.2 Å². The van der Waals surface area contributed by atoms with Gasteiger partial charge in [-0.1, -0.05) is 0 Å². The van der Waals surface area contributed by atoms with Crippen molar-refractivity contribution in [2.45, 2.75) is 6.92 Å². The molecule has 1 aromatic heterocycles. The maximum absolute atomic E-state index is 10.9. The number of aryl methyl sites for hydroxylation is 1. The fourth-order valence-electron chi connectivity index (χ4n) is 1.12. The van der Waals surface area contributed by atoms with Crippen molar-refractivity contribution in [2.75, 3.05) is 14.1 Å². The van der Waals surface area contributed by atoms with Gasteiger partial charge in [0.05, 0.1) is 21.2 Å². The Bertz CT molecular complexity index is 445. The number of nitrogens with zero attached hydrogens (tertiary/aromatic N) is 4. The first-order chi connectivity index (χ1) is 7.43. The van der Waals surface area contributed by atoms with E-state index in [-0.39, 0.29) is 5.69 Å². The largest absolute Gasteiger partial charge is 0.303 e. The van der Waals surface area contributed by atoms with Gasteiger partial charge in [-0.3, -0.25) is 15.1 Å². The highest BCUT2D eigenvalue weighted by atomic mass is 79.9. The number of aromatic nitrogens is 1. The van der Waals surface area contributed by atoms with Crippen molar-refractivity contribution in [2.24, 2.45) is 5.10 Å². The molecule has 0 amide bonds. The van der Waals surface area contributed by atoms with Crippen molar-refractivity contribution in [3.8, 4) is 0 Å². The van der Waals surface area contributed by atoms with E-state index in [1.165, 1.54) is 12.4 Å². The molecule has 1 rings (SSSR count). The normalized spacial score (nSPS) is 10.8. The molecule has 86 valence electrons. The summed E-state index contributed by atoms with van der Waals surface area (Å²) < 4.78 is 0.551. The van der Waals surface area contributed by atoms with Gasteiger partial charge in [-0.2, -0.15) is 5.10 Å². The standard InChI is InChI=1S/C9H11BrN4O2/c1-6-9(14(15)16)7(4-12-13(2)3)8(10)5-11-6/h4-5H,1-3H3/b12-4+. The topological polar surface area (TPSA) is 71.6 Å². The molecule has 6 nitrogen and oxygen atoms in total. The lowest BCUT2D eigenvalue weighted by Crippen LogP contribution is -2.05. The molecule has 0 spiro atoms. The Kier molecular flexibility index (Phi) is 3.94. The van der Waals surface area contributed by atoms with Gasteiger partial charge in [-0.15, -0.1) is 0 Å². The Morgan fingerprint density at radius 2 is 2.25 bits per heavy atom. The van der Waals surface area contributed by atoms with Gasteiger partial charge in [0.15, 0.2) is 0 Å². The summed E-state index contributed by atoms with van der Waals surface area (Å²) in [5.41, 5.74) is 0.764. The van der Waals surface area contributed by atoms with E-state index in [1.807, 2.05) is 0 Å². The lowest BCUT2D eigenvalue weighted by molar-refractivity contribution is -0.385. The average molecular weight is 287 g/mol. The van der Waals surface area contributed by atoms with Gasteiger partial charge < -0.3 is 5.01 Å². The third-order valence-corrected chi connectivity index (χ3v) is 2.46. The third-order valence-electron chi connectivity index (χ3n) is 1.83. The average Bonchev–Trinajstić information content (AvgIpc) is 2.18. The molecule has 0 N–H and O–H groups in total. The maximum atomic E-state index is 10.9. The number of hydrogen-bond donors (Lipinski definition) is 0. The Labute approximate surface area is 101 Å². The summed E-state index contributed by atoms with van der Waals surface area (Å²) in [4.78, 5) is 14.4. The van der Waals surface area contributed by atoms with Crippen LogP contribution in [0.1, 0.15) is 11.3 Å². The Morgan fingerprint density at radius 3 is 2.75 bits per heavy atom. The van der Waals surface area contributed by atoms with Gasteiger partial charge in [0.1, 0.15) is 5.69 Å². The van der Waals surface area contributed by atoms with Gasteiger partial charge in [0.25, 0.3) is 5.69 Å². The molecule has 0 aliphatic heterocycles. The lowest BCUT2D eigenvalue weighted by Gasteiger charge is -2.05. The zero-order chi connectivity index (χ0) is 12.3. The van der Waals surface area contributed by atoms with Gasteiger partial charge in [0.2, 0.25) is 0 Å². The van der Waals surface area contributed by atoms with Crippen LogP contribution < -0.4 is 0 Å². The quantitative estimate of drug-likeness (QED) is 0.484. The van der Waals surface area contributed by atoms with Crippen molar-refractivity contribution >= 4 is 27.8 Å². The number of nitro groups is 1. The second-order valence-corrected chi connectivity index (χ2v) is 4.16. The summed E-state index contributed by atoms with van der Waals surface area (Å²) >= 11 is 3.22. The number of hydrazone groups is 1. The molecule has 0 radical (unpaired) electrons. The summed E-state index contributed by atoms with van der Waals surface area (Å²) in [6.07, 6.45) is 2.97. The van der Waals surface area contributed by atoms with Crippen molar-refractivity contribution in [3.05, 3.63) is 32.0 Å². The van der Waals surface area contributed by atoms with Crippen LogP contribution in [0.3, 0.4) is 0 Å². The molecule has 0 unspecified atom stereocenters. The van der Waals surface area contributed by atoms with Crippen LogP contribution in [0.5, 0.6) is 0 Å². The van der Waals surface area contributed by atoms with Crippen molar-refractivity contribution in [1.29, 1.82) is 0 Å². The van der Waals surface area contributed by atoms with E-state index in [4.69, 9.17) is 0 Å². The van der Waals surface area contributed by atoms with E-state index in [1.54, 1.807) is 26.0 Å². The molecular weight excluding hydrogens is 276 g/mol. The summed E-state index contributed by atoms with van der Waals surface area (Å²) in [7, 11) is 3.48. The van der Waals surface area contributed by atoms with E-state index in [2.05, 4.69) is 26.0 Å². The highest BCUT2D eigenvalue weighted by Gasteiger charge is 2.19. The van der Waals surface area contributed by atoms with Crippen LogP contribution >= 0.6 is 15.9 Å². The summed E-state index contributed by atoms with van der Waals surface area (Å²) in [6, 6.07) is 0. The third kappa shape index (κ3) is 2.75. The Balaban J connectivity index is 3.34. The van der Waals surface area contributed by atoms with Gasteiger partial charge in [-0.25, -0.2) is 0 Å². The van der Waals surface area contributed by atoms with Crippen molar-refractivity contribution in [3.63, 3.8) is 0 Å². The number of hydrogen-bond acceptors (Lipinski definition) is 5. The molecule has 0 saturated heterocycles. The molecule has 0 fully saturated rings. The monoisotopic (exact) mass is 286 g/mol. The van der Waals surface area contributed by atoms with Gasteiger partial charge in [-0.05, 0) is 22.9 Å². The van der Waals surface area contributed by atoms with Gasteiger partial charge >= 0.3 is 0 Å². The second kappa shape index (κ2) is 5.02. The molecular formula is C9H11BrN4O2. The maximum Gasteiger partial charge on any atom is 0.300 e. The van der Waals surface area contributed by atoms with E-state index >= 15 is 0 Å². The van der Waals surface area contributed by atoms with Crippen LogP contribution in [0.25, 0.3) is 0 Å². The first kappa shape index (κ1) is 12.6. The van der Waals surface area contributed by atoms with Crippen LogP contribution in [0, 0.1) is 17.0 Å². The minimum atomic E-state index is -0.454. The Hall–Kier alpha value is -1.50. The van der Waals surface area contributed by atoms with E-state index in [0.29, 0.717) is 15.7 Å². The molecule has 1 aromatic rings. The fraction of sp³-hybridized carbons (Fsp3) is 0.333. The second-order valence-electron chi connectivity index (χ2n) is 3.30. The first-order valence-corrected chi connectivity index (χ1v) is 5.23. The summed E-state index contributed by atoms with van der Waals surface area (Å²) in [5, 5.41) is 16.5. The highest BCUT2D eigenvalue weighted by molar-refractivity contribution is 9.10. The van der Waals surface area contributed by atoms with Crippen LogP contribution in [0.2, 0.25) is 0 Å². The number of rotatable bonds is 3. The number of pyridine rings is 1. The predicted octanol–water partition coefficient (Wildman–Crippen LogP) is 1.96. The molecule has 0 aromatic carbocycles. The smallest absolute Gasteiger partial charge is 0.300 e. The molecule has 16 heavy (non-hydrogen) atoms. The molecule has 7 heteroatoms. The molecule has 0 aliphatic rings. The predicted molar refractivity (Wildman–Crippen MR) is 64.6 cm³/mol. The van der Waals surface area contributed by atoms with Crippen molar-refractivity contribution < 1.29 is 4.92 Å². The summed E-state index contributed by atoms with van der Waals surface area (Å²) in [6.45, 7) is 1.59. The lowest BCUT2D eigenvalue weighted by atomic mass is 10.2. The van der Waals surface area contributed by atoms with E-state index in [0.717, 1.165) is 0 Å². The van der Waals surface area contributed by atoms with Gasteiger partial charge in [0, 0.05) is 20.3 Å². The molecule has 0 bridgehead atoms. The highest BCUT2D eigenvalue weighted by Crippen LogP contribution is 2.26. The minimum absolute atomic E-state index is 0.0278. The van der Waals surface area contributed by atoms with Crippen LogP contribution in [-0.2, 0) is 0 Å². The van der Waals surface area contributed by atoms with E-state index < -0.39 is 4.92 Å². The molecule has 0 atom stereocenters. The van der Waals surface area contributed by atoms with E-state index in [9.17, 15) is 10.1 Å². The van der Waals surface area contributed by atoms with Crippen LogP contribution in [0.15, 0.2) is 15.8 Å².